The zero-order valence-electron chi connectivity index (χ0n) is 14.0. The second-order valence-electron chi connectivity index (χ2n) is 6.62. The Labute approximate surface area is 154 Å². The number of hydrogen-bond donors (Lipinski definition) is 1. The molecule has 3 heterocycles. The van der Waals surface area contributed by atoms with Gasteiger partial charge in [0.25, 0.3) is 5.91 Å². The van der Waals surface area contributed by atoms with E-state index in [1.807, 2.05) is 5.01 Å². The van der Waals surface area contributed by atoms with Crippen molar-refractivity contribution in [1.29, 1.82) is 0 Å². The lowest BCUT2D eigenvalue weighted by atomic mass is 9.93. The van der Waals surface area contributed by atoms with E-state index in [-0.39, 0.29) is 22.9 Å². The molecule has 0 aliphatic carbocycles. The lowest BCUT2D eigenvalue weighted by molar-refractivity contribution is 0.0552. The number of pyridine rings is 1. The van der Waals surface area contributed by atoms with Crippen LogP contribution < -0.4 is 10.4 Å². The zero-order chi connectivity index (χ0) is 18.6. The minimum Gasteiger partial charge on any atom is -0.502 e. The van der Waals surface area contributed by atoms with Crippen LogP contribution in [0.1, 0.15) is 41.4 Å². The van der Waals surface area contributed by atoms with Gasteiger partial charge in [-0.25, -0.2) is 4.39 Å². The van der Waals surface area contributed by atoms with E-state index in [0.717, 1.165) is 24.8 Å². The van der Waals surface area contributed by atoms with E-state index in [0.29, 0.717) is 0 Å². The van der Waals surface area contributed by atoms with Crippen molar-refractivity contribution in [3.63, 3.8) is 0 Å². The number of carbonyl (C=O) groups is 1. The van der Waals surface area contributed by atoms with Gasteiger partial charge < -0.3 is 10.0 Å². The topological polar surface area (TPSA) is 65.8 Å². The van der Waals surface area contributed by atoms with Crippen LogP contribution in [0.4, 0.5) is 4.39 Å². The molecule has 1 saturated heterocycles. The summed E-state index contributed by atoms with van der Waals surface area (Å²) in [6.07, 6.45) is 3.57. The van der Waals surface area contributed by atoms with E-state index in [1.165, 1.54) is 34.0 Å². The largest absolute Gasteiger partial charge is 0.502 e. The van der Waals surface area contributed by atoms with Crippen molar-refractivity contribution in [2.75, 3.05) is 12.1 Å². The molecule has 2 aliphatic rings. The minimum absolute atomic E-state index is 0.0498. The number of nitrogens with zero attached hydrogens (tertiary/aromatic N) is 3. The number of rotatable bonds is 1. The van der Waals surface area contributed by atoms with Crippen LogP contribution in [0.15, 0.2) is 35.3 Å². The zero-order valence-corrected chi connectivity index (χ0v) is 14.8. The molecule has 8 heteroatoms. The minimum atomic E-state index is -0.609. The first kappa shape index (κ1) is 16.9. The fourth-order valence-electron chi connectivity index (χ4n) is 3.88. The Balaban J connectivity index is 1.90. The predicted octanol–water partition coefficient (Wildman–Crippen LogP) is 2.62. The van der Waals surface area contributed by atoms with Crippen LogP contribution in [0.5, 0.6) is 5.75 Å². The van der Waals surface area contributed by atoms with Crippen molar-refractivity contribution in [3.8, 4) is 5.75 Å². The van der Waals surface area contributed by atoms with Gasteiger partial charge in [-0.15, -0.1) is 0 Å². The SMILES string of the molecule is CN1C(=O)c2c(O)c(=O)ccn2N2C(c3ccc(Cl)c(F)c3)CCCC12. The van der Waals surface area contributed by atoms with Gasteiger partial charge in [0.1, 0.15) is 12.0 Å². The van der Waals surface area contributed by atoms with Crippen molar-refractivity contribution < 1.29 is 14.3 Å². The highest BCUT2D eigenvalue weighted by atomic mass is 35.5. The van der Waals surface area contributed by atoms with Crippen LogP contribution in [0, 0.1) is 5.82 Å². The number of amides is 1. The summed E-state index contributed by atoms with van der Waals surface area (Å²) in [5, 5.41) is 12.1. The fourth-order valence-corrected chi connectivity index (χ4v) is 4.00. The van der Waals surface area contributed by atoms with Gasteiger partial charge in [0.2, 0.25) is 5.43 Å². The summed E-state index contributed by atoms with van der Waals surface area (Å²) >= 11 is 5.80. The first-order valence-electron chi connectivity index (χ1n) is 8.35. The van der Waals surface area contributed by atoms with Crippen molar-refractivity contribution >= 4 is 17.5 Å². The Kier molecular flexibility index (Phi) is 3.91. The van der Waals surface area contributed by atoms with Gasteiger partial charge in [-0.2, -0.15) is 0 Å². The molecule has 6 nitrogen and oxygen atoms in total. The van der Waals surface area contributed by atoms with E-state index < -0.39 is 22.9 Å². The Morgan fingerprint density at radius 3 is 2.73 bits per heavy atom. The second kappa shape index (κ2) is 6.02. The molecule has 26 heavy (non-hydrogen) atoms. The van der Waals surface area contributed by atoms with E-state index in [1.54, 1.807) is 13.1 Å². The van der Waals surface area contributed by atoms with Crippen LogP contribution in [0.2, 0.25) is 5.02 Å². The predicted molar refractivity (Wildman–Crippen MR) is 94.5 cm³/mol. The Bertz CT molecular complexity index is 961. The molecular formula is C18H17ClFN3O3. The number of hydrogen-bond acceptors (Lipinski definition) is 4. The van der Waals surface area contributed by atoms with Gasteiger partial charge in [-0.05, 0) is 37.0 Å². The first-order chi connectivity index (χ1) is 12.4. The maximum absolute atomic E-state index is 14.0. The molecule has 2 aromatic rings. The molecule has 0 radical (unpaired) electrons. The number of piperidine rings is 1. The third kappa shape index (κ3) is 2.38. The third-order valence-electron chi connectivity index (χ3n) is 5.17. The normalized spacial score (nSPS) is 22.2. The monoisotopic (exact) mass is 377 g/mol. The van der Waals surface area contributed by atoms with Crippen molar-refractivity contribution in [2.24, 2.45) is 0 Å². The number of aromatic hydroxyl groups is 1. The van der Waals surface area contributed by atoms with Crippen LogP contribution in [-0.2, 0) is 0 Å². The second-order valence-corrected chi connectivity index (χ2v) is 7.03. The van der Waals surface area contributed by atoms with Crippen molar-refractivity contribution in [1.82, 2.24) is 9.58 Å². The standard InChI is InChI=1S/C18H17ClFN3O3/c1-21-15-4-2-3-13(10-5-6-11(19)12(20)9-10)23(15)22-8-7-14(24)17(25)16(22)18(21)26/h5-9,13,15,25H,2-4H2,1H3. The lowest BCUT2D eigenvalue weighted by Gasteiger charge is -2.51. The molecule has 1 amide bonds. The maximum Gasteiger partial charge on any atom is 0.277 e. The fraction of sp³-hybridized carbons (Fsp3) is 0.333. The summed E-state index contributed by atoms with van der Waals surface area (Å²) in [5.41, 5.74) is 0.0450. The van der Waals surface area contributed by atoms with E-state index >= 15 is 0 Å². The molecule has 2 unspecified atom stereocenters. The number of halogens is 2. The van der Waals surface area contributed by atoms with Gasteiger partial charge in [-0.1, -0.05) is 17.7 Å². The van der Waals surface area contributed by atoms with E-state index in [4.69, 9.17) is 11.6 Å². The van der Waals surface area contributed by atoms with Gasteiger partial charge >= 0.3 is 0 Å². The molecular weight excluding hydrogens is 361 g/mol. The quantitative estimate of drug-likeness (QED) is 0.829. The molecule has 4 rings (SSSR count). The molecule has 1 aromatic heterocycles. The number of fused-ring (bicyclic) bond motifs is 3. The number of benzene rings is 1. The summed E-state index contributed by atoms with van der Waals surface area (Å²) in [5.74, 6) is -1.49. The van der Waals surface area contributed by atoms with E-state index in [2.05, 4.69) is 0 Å². The van der Waals surface area contributed by atoms with Gasteiger partial charge in [0.05, 0.1) is 11.1 Å². The third-order valence-corrected chi connectivity index (χ3v) is 5.47. The molecule has 0 spiro atoms. The first-order valence-corrected chi connectivity index (χ1v) is 8.73. The highest BCUT2D eigenvalue weighted by Gasteiger charge is 2.42. The number of aromatic nitrogens is 1. The summed E-state index contributed by atoms with van der Waals surface area (Å²) in [6.45, 7) is 0. The average Bonchev–Trinajstić information content (AvgIpc) is 2.63. The summed E-state index contributed by atoms with van der Waals surface area (Å²) in [4.78, 5) is 26.0. The molecule has 1 fully saturated rings. The molecule has 0 bridgehead atoms. The van der Waals surface area contributed by atoms with Crippen molar-refractivity contribution in [2.45, 2.75) is 31.5 Å². The molecule has 2 aliphatic heterocycles. The molecule has 2 atom stereocenters. The summed E-state index contributed by atoms with van der Waals surface area (Å²) < 4.78 is 15.5. The van der Waals surface area contributed by atoms with Gasteiger partial charge in [0, 0.05) is 19.3 Å². The Morgan fingerprint density at radius 2 is 2.00 bits per heavy atom. The van der Waals surface area contributed by atoms with Crippen LogP contribution in [-0.4, -0.2) is 33.8 Å². The van der Waals surface area contributed by atoms with Crippen LogP contribution in [0.3, 0.4) is 0 Å². The average molecular weight is 378 g/mol. The summed E-state index contributed by atoms with van der Waals surface area (Å²) in [7, 11) is 1.64. The lowest BCUT2D eigenvalue weighted by Crippen LogP contribution is -2.62. The van der Waals surface area contributed by atoms with E-state index in [9.17, 15) is 19.1 Å². The molecule has 0 saturated carbocycles. The Morgan fingerprint density at radius 1 is 1.23 bits per heavy atom. The Hall–Kier alpha value is -2.54. The van der Waals surface area contributed by atoms with Gasteiger partial charge in [0.15, 0.2) is 11.4 Å². The highest BCUT2D eigenvalue weighted by molar-refractivity contribution is 6.30. The molecule has 1 aromatic carbocycles. The number of carbonyl (C=O) groups excluding carboxylic acids is 1. The van der Waals surface area contributed by atoms with Crippen molar-refractivity contribution in [3.05, 3.63) is 62.8 Å². The van der Waals surface area contributed by atoms with Gasteiger partial charge in [-0.3, -0.25) is 19.3 Å². The molecule has 1 N–H and O–H groups in total. The summed E-state index contributed by atoms with van der Waals surface area (Å²) in [6, 6.07) is 5.67. The molecule has 136 valence electrons. The van der Waals surface area contributed by atoms with Crippen LogP contribution in [0.25, 0.3) is 0 Å². The smallest absolute Gasteiger partial charge is 0.277 e. The highest BCUT2D eigenvalue weighted by Crippen LogP contribution is 2.38. The maximum atomic E-state index is 14.0. The van der Waals surface area contributed by atoms with Crippen LogP contribution >= 0.6 is 11.6 Å².